The zero-order valence-corrected chi connectivity index (χ0v) is 25.1. The van der Waals surface area contributed by atoms with Gasteiger partial charge in [-0.2, -0.15) is 4.98 Å². The van der Waals surface area contributed by atoms with Gasteiger partial charge in [0, 0.05) is 47.6 Å². The Labute approximate surface area is 254 Å². The van der Waals surface area contributed by atoms with E-state index in [1.807, 2.05) is 29.2 Å². The van der Waals surface area contributed by atoms with Crippen LogP contribution in [0.3, 0.4) is 0 Å². The van der Waals surface area contributed by atoms with Crippen LogP contribution >= 0.6 is 23.2 Å². The maximum Gasteiger partial charge on any atom is 0.307 e. The molecule has 1 N–H and O–H groups in total. The van der Waals surface area contributed by atoms with Crippen LogP contribution in [0.1, 0.15) is 64.7 Å². The number of halogens is 3. The fourth-order valence-electron chi connectivity index (χ4n) is 6.35. The molecule has 0 amide bonds. The molecule has 10 heteroatoms. The molecule has 2 unspecified atom stereocenters. The summed E-state index contributed by atoms with van der Waals surface area (Å²) in [5.41, 5.74) is -0.0240. The number of hydrogen-bond donors (Lipinski definition) is 1. The number of pyridine rings is 1. The van der Waals surface area contributed by atoms with Crippen LogP contribution in [0.5, 0.6) is 0 Å². The zero-order valence-electron chi connectivity index (χ0n) is 23.6. The van der Waals surface area contributed by atoms with Crippen molar-refractivity contribution in [1.29, 1.82) is 0 Å². The third-order valence-electron chi connectivity index (χ3n) is 8.34. The van der Waals surface area contributed by atoms with Crippen LogP contribution in [0, 0.1) is 5.82 Å². The summed E-state index contributed by atoms with van der Waals surface area (Å²) in [6.07, 6.45) is 10.2. The van der Waals surface area contributed by atoms with Crippen molar-refractivity contribution in [1.82, 2.24) is 20.3 Å². The molecule has 2 aromatic heterocycles. The van der Waals surface area contributed by atoms with Crippen molar-refractivity contribution in [2.24, 2.45) is 0 Å². The number of aromatic nitrogens is 3. The summed E-state index contributed by atoms with van der Waals surface area (Å²) >= 11 is 12.9. The van der Waals surface area contributed by atoms with E-state index in [-0.39, 0.29) is 28.5 Å². The highest BCUT2D eigenvalue weighted by molar-refractivity contribution is 6.36. The zero-order chi connectivity index (χ0) is 29.3. The minimum Gasteiger partial charge on any atom is -0.442 e. The van der Waals surface area contributed by atoms with Crippen LogP contribution in [0.2, 0.25) is 10.3 Å². The number of esters is 1. The van der Waals surface area contributed by atoms with Gasteiger partial charge in [0.1, 0.15) is 17.0 Å². The first kappa shape index (κ1) is 29.0. The molecule has 0 spiro atoms. The van der Waals surface area contributed by atoms with E-state index in [9.17, 15) is 4.79 Å². The number of hydrogen-bond acceptors (Lipinski definition) is 7. The van der Waals surface area contributed by atoms with Crippen molar-refractivity contribution < 1.29 is 13.9 Å². The normalized spacial score (nSPS) is 20.0. The Balaban J connectivity index is 1.27. The number of rotatable bonds is 10. The number of piperazine rings is 1. The number of nitrogens with zero attached hydrogens (tertiary/aromatic N) is 4. The standard InChI is InChI=1S/C32H34Cl2FN5O2/c1-2-3-4-5-6-7-14-25(41)42-32-16-15-21(39-32)18-40(19-32)30-23-17-36-28(27(35)29(23)37-31(34)38-30)22-12-8-10-20-11-9-13-24(33)26(20)22/h8-13,17,21,39H,2-7,14-16,18-19H2,1H3. The van der Waals surface area contributed by atoms with Crippen molar-refractivity contribution in [3.05, 3.63) is 58.7 Å². The van der Waals surface area contributed by atoms with E-state index in [4.69, 9.17) is 27.9 Å². The second-order valence-electron chi connectivity index (χ2n) is 11.4. The molecule has 0 saturated carbocycles. The molecule has 2 aliphatic rings. The number of anilines is 1. The van der Waals surface area contributed by atoms with Crippen LogP contribution in [0.15, 0.2) is 42.6 Å². The molecule has 2 saturated heterocycles. The van der Waals surface area contributed by atoms with Crippen LogP contribution in [-0.4, -0.2) is 45.8 Å². The van der Waals surface area contributed by atoms with E-state index in [2.05, 4.69) is 27.2 Å². The summed E-state index contributed by atoms with van der Waals surface area (Å²) in [6.45, 7) is 3.18. The number of ether oxygens (including phenoxy) is 1. The van der Waals surface area contributed by atoms with Gasteiger partial charge in [-0.15, -0.1) is 0 Å². The van der Waals surface area contributed by atoms with Gasteiger partial charge in [-0.3, -0.25) is 15.1 Å². The van der Waals surface area contributed by atoms with Gasteiger partial charge < -0.3 is 9.64 Å². The summed E-state index contributed by atoms with van der Waals surface area (Å²) in [6, 6.07) is 11.2. The van der Waals surface area contributed by atoms with Crippen molar-refractivity contribution in [3.63, 3.8) is 0 Å². The Kier molecular flexibility index (Phi) is 8.48. The molecular weight excluding hydrogens is 576 g/mol. The molecule has 220 valence electrons. The highest BCUT2D eigenvalue weighted by Gasteiger charge is 2.48. The molecule has 2 fully saturated rings. The lowest BCUT2D eigenvalue weighted by Crippen LogP contribution is -2.61. The average molecular weight is 611 g/mol. The van der Waals surface area contributed by atoms with E-state index in [1.54, 1.807) is 18.3 Å². The van der Waals surface area contributed by atoms with E-state index >= 15 is 4.39 Å². The third-order valence-corrected chi connectivity index (χ3v) is 8.82. The van der Waals surface area contributed by atoms with Gasteiger partial charge in [-0.25, -0.2) is 9.37 Å². The van der Waals surface area contributed by atoms with Crippen LogP contribution in [0.4, 0.5) is 10.2 Å². The maximum atomic E-state index is 16.2. The Morgan fingerprint density at radius 3 is 2.74 bits per heavy atom. The van der Waals surface area contributed by atoms with E-state index in [1.165, 1.54) is 19.3 Å². The number of fused-ring (bicyclic) bond motifs is 4. The van der Waals surface area contributed by atoms with Crippen molar-refractivity contribution in [2.75, 3.05) is 18.0 Å². The molecular formula is C32H34Cl2FN5O2. The first-order valence-corrected chi connectivity index (χ1v) is 15.6. The summed E-state index contributed by atoms with van der Waals surface area (Å²) in [5, 5.41) is 6.01. The quantitative estimate of drug-likeness (QED) is 0.111. The molecule has 2 aromatic carbocycles. The SMILES string of the molecule is CCCCCCCCC(=O)OC12CCC(CN(c3nc(Cl)nc4c(F)c(-c5cccc6cccc(Cl)c56)ncc34)C1)N2. The predicted octanol–water partition coefficient (Wildman–Crippen LogP) is 7.85. The molecule has 2 bridgehead atoms. The minimum absolute atomic E-state index is 0.0653. The van der Waals surface area contributed by atoms with Gasteiger partial charge in [0.15, 0.2) is 11.5 Å². The molecule has 4 heterocycles. The second-order valence-corrected chi connectivity index (χ2v) is 12.1. The summed E-state index contributed by atoms with van der Waals surface area (Å²) in [5.74, 6) is -0.315. The monoisotopic (exact) mass is 609 g/mol. The Morgan fingerprint density at radius 1 is 1.12 bits per heavy atom. The summed E-state index contributed by atoms with van der Waals surface area (Å²) < 4.78 is 22.3. The van der Waals surface area contributed by atoms with Gasteiger partial charge in [-0.05, 0) is 35.9 Å². The Bertz CT molecular complexity index is 1630. The van der Waals surface area contributed by atoms with Crippen molar-refractivity contribution in [3.8, 4) is 11.3 Å². The van der Waals surface area contributed by atoms with E-state index in [0.717, 1.165) is 36.5 Å². The molecule has 2 atom stereocenters. The smallest absolute Gasteiger partial charge is 0.307 e. The van der Waals surface area contributed by atoms with Gasteiger partial charge in [0.25, 0.3) is 0 Å². The average Bonchev–Trinajstić information content (AvgIpc) is 3.27. The number of benzene rings is 2. The Hall–Kier alpha value is -3.07. The van der Waals surface area contributed by atoms with Gasteiger partial charge in [0.2, 0.25) is 5.28 Å². The number of unbranched alkanes of at least 4 members (excludes halogenated alkanes) is 5. The lowest BCUT2D eigenvalue weighted by atomic mass is 10.0. The minimum atomic E-state index is -0.822. The second kappa shape index (κ2) is 12.3. The number of nitrogens with one attached hydrogen (secondary N) is 1. The van der Waals surface area contributed by atoms with Crippen LogP contribution in [-0.2, 0) is 9.53 Å². The van der Waals surface area contributed by atoms with Crippen LogP contribution < -0.4 is 10.2 Å². The first-order chi connectivity index (χ1) is 20.4. The molecule has 2 aliphatic heterocycles. The Morgan fingerprint density at radius 2 is 1.90 bits per heavy atom. The lowest BCUT2D eigenvalue weighted by molar-refractivity contribution is -0.162. The predicted molar refractivity (Wildman–Crippen MR) is 165 cm³/mol. The highest BCUT2D eigenvalue weighted by atomic mass is 35.5. The first-order valence-electron chi connectivity index (χ1n) is 14.8. The fourth-order valence-corrected chi connectivity index (χ4v) is 6.80. The molecule has 0 aliphatic carbocycles. The molecule has 4 aromatic rings. The van der Waals surface area contributed by atoms with Crippen LogP contribution in [0.25, 0.3) is 32.9 Å². The molecule has 0 radical (unpaired) electrons. The highest BCUT2D eigenvalue weighted by Crippen LogP contribution is 2.39. The molecule has 7 nitrogen and oxygen atoms in total. The third kappa shape index (κ3) is 5.77. The van der Waals surface area contributed by atoms with Crippen molar-refractivity contribution in [2.45, 2.75) is 76.5 Å². The topological polar surface area (TPSA) is 80.2 Å². The van der Waals surface area contributed by atoms with Gasteiger partial charge >= 0.3 is 5.97 Å². The number of carbonyl (C=O) groups excluding carboxylic acids is 1. The number of carbonyl (C=O) groups is 1. The van der Waals surface area contributed by atoms with Crippen molar-refractivity contribution >= 4 is 56.7 Å². The summed E-state index contributed by atoms with van der Waals surface area (Å²) in [4.78, 5) is 28.2. The maximum absolute atomic E-state index is 16.2. The van der Waals surface area contributed by atoms with E-state index in [0.29, 0.717) is 47.7 Å². The summed E-state index contributed by atoms with van der Waals surface area (Å²) in [7, 11) is 0. The lowest BCUT2D eigenvalue weighted by Gasteiger charge is -2.41. The van der Waals surface area contributed by atoms with Gasteiger partial charge in [-0.1, -0.05) is 81.0 Å². The molecule has 6 rings (SSSR count). The van der Waals surface area contributed by atoms with Gasteiger partial charge in [0.05, 0.1) is 11.9 Å². The fraction of sp³-hybridized carbons (Fsp3) is 0.438. The largest absolute Gasteiger partial charge is 0.442 e. The van der Waals surface area contributed by atoms with E-state index < -0.39 is 11.5 Å². The molecule has 42 heavy (non-hydrogen) atoms.